The van der Waals surface area contributed by atoms with Crippen LogP contribution in [0.5, 0.6) is 0 Å². The van der Waals surface area contributed by atoms with Crippen molar-refractivity contribution in [2.24, 2.45) is 10.9 Å². The normalized spacial score (nSPS) is 21.8. The number of aliphatic imine (C=N–C) groups is 1. The third-order valence-corrected chi connectivity index (χ3v) is 5.17. The van der Waals surface area contributed by atoms with E-state index < -0.39 is 0 Å². The molecule has 0 spiro atoms. The summed E-state index contributed by atoms with van der Waals surface area (Å²) in [5, 5.41) is 3.49. The second-order valence-electron chi connectivity index (χ2n) is 6.32. The van der Waals surface area contributed by atoms with Gasteiger partial charge in [-0.15, -0.1) is 0 Å². The Balaban J connectivity index is 1.65. The Bertz CT molecular complexity index is 682. The number of halogens is 1. The lowest BCUT2D eigenvalue weighted by Crippen LogP contribution is -2.48. The molecule has 0 bridgehead atoms. The Labute approximate surface area is 151 Å². The molecule has 0 amide bonds. The summed E-state index contributed by atoms with van der Waals surface area (Å²) in [4.78, 5) is 11.0. The molecule has 1 aromatic carbocycles. The molecule has 1 N–H and O–H groups in total. The summed E-state index contributed by atoms with van der Waals surface area (Å²) >= 11 is 3.52. The van der Waals surface area contributed by atoms with Crippen LogP contribution in [0.15, 0.2) is 52.5 Å². The van der Waals surface area contributed by atoms with Crippen LogP contribution in [-0.4, -0.2) is 40.5 Å². The second-order valence-corrected chi connectivity index (χ2v) is 7.24. The van der Waals surface area contributed by atoms with Crippen LogP contribution in [0.25, 0.3) is 0 Å². The van der Waals surface area contributed by atoms with Crippen molar-refractivity contribution < 1.29 is 0 Å². The van der Waals surface area contributed by atoms with Gasteiger partial charge in [0.05, 0.1) is 12.4 Å². The number of nitrogens with one attached hydrogen (secondary N) is 1. The maximum atomic E-state index is 4.48. The second kappa shape index (κ2) is 7.83. The van der Waals surface area contributed by atoms with Crippen molar-refractivity contribution in [1.82, 2.24) is 19.8 Å². The minimum absolute atomic E-state index is 0.436. The zero-order valence-corrected chi connectivity index (χ0v) is 15.8. The summed E-state index contributed by atoms with van der Waals surface area (Å²) in [6.45, 7) is 5.08. The quantitative estimate of drug-likeness (QED) is 0.646. The van der Waals surface area contributed by atoms with E-state index in [1.807, 2.05) is 25.6 Å². The van der Waals surface area contributed by atoms with Gasteiger partial charge in [0.15, 0.2) is 5.96 Å². The summed E-state index contributed by atoms with van der Waals surface area (Å²) in [5.74, 6) is 1.60. The summed E-state index contributed by atoms with van der Waals surface area (Å²) < 4.78 is 3.32. The van der Waals surface area contributed by atoms with Gasteiger partial charge in [-0.25, -0.2) is 4.98 Å². The number of likely N-dealkylation sites (tertiary alicyclic amines) is 1. The van der Waals surface area contributed by atoms with Gasteiger partial charge in [-0.3, -0.25) is 4.99 Å². The number of nitrogens with zero attached hydrogens (tertiary/aromatic N) is 4. The monoisotopic (exact) mass is 389 g/mol. The van der Waals surface area contributed by atoms with E-state index in [1.54, 1.807) is 0 Å². The highest BCUT2D eigenvalue weighted by Gasteiger charge is 2.28. The molecular formula is C18H24BrN5. The van der Waals surface area contributed by atoms with Crippen LogP contribution >= 0.6 is 15.9 Å². The van der Waals surface area contributed by atoms with Gasteiger partial charge >= 0.3 is 0 Å². The first-order chi connectivity index (χ1) is 11.7. The maximum absolute atomic E-state index is 4.48. The van der Waals surface area contributed by atoms with Crippen molar-refractivity contribution in [2.75, 3.05) is 20.1 Å². The van der Waals surface area contributed by atoms with E-state index in [0.29, 0.717) is 12.0 Å². The lowest BCUT2D eigenvalue weighted by atomic mass is 9.93. The number of imidazole rings is 1. The van der Waals surface area contributed by atoms with Crippen LogP contribution in [0, 0.1) is 5.92 Å². The number of hydrogen-bond donors (Lipinski definition) is 1. The van der Waals surface area contributed by atoms with Crippen molar-refractivity contribution in [3.05, 3.63) is 53.0 Å². The minimum Gasteiger partial charge on any atom is -0.352 e. The van der Waals surface area contributed by atoms with Crippen molar-refractivity contribution in [2.45, 2.75) is 25.9 Å². The molecule has 3 rings (SSSR count). The highest BCUT2D eigenvalue weighted by atomic mass is 79.9. The zero-order valence-electron chi connectivity index (χ0n) is 14.2. The third kappa shape index (κ3) is 3.98. The third-order valence-electron chi connectivity index (χ3n) is 4.68. The first kappa shape index (κ1) is 17.0. The minimum atomic E-state index is 0.436. The molecule has 2 aromatic rings. The van der Waals surface area contributed by atoms with Crippen LogP contribution < -0.4 is 5.32 Å². The van der Waals surface area contributed by atoms with E-state index in [1.165, 1.54) is 5.56 Å². The molecule has 5 nitrogen and oxygen atoms in total. The predicted octanol–water partition coefficient (Wildman–Crippen LogP) is 3.30. The van der Waals surface area contributed by atoms with Gasteiger partial charge in [-0.2, -0.15) is 0 Å². The molecule has 2 atom stereocenters. The van der Waals surface area contributed by atoms with E-state index in [-0.39, 0.29) is 0 Å². The summed E-state index contributed by atoms with van der Waals surface area (Å²) in [7, 11) is 1.85. The molecule has 0 aliphatic carbocycles. The SMILES string of the molecule is CN=C(NCc1cccc(Br)c1)N1CCC(C)C(n2ccnc2)C1. The number of piperidine rings is 1. The van der Waals surface area contributed by atoms with Gasteiger partial charge in [0.2, 0.25) is 0 Å². The highest BCUT2D eigenvalue weighted by Crippen LogP contribution is 2.27. The Morgan fingerprint density at radius 3 is 3.04 bits per heavy atom. The number of guanidine groups is 1. The standard InChI is InChI=1S/C18H24BrN5/c1-14-6-8-23(12-17(14)24-9-7-21-13-24)18(20-2)22-11-15-4-3-5-16(19)10-15/h3-5,7,9-10,13-14,17H,6,8,11-12H2,1-2H3,(H,20,22). The largest absolute Gasteiger partial charge is 0.352 e. The first-order valence-corrected chi connectivity index (χ1v) is 9.14. The molecule has 0 radical (unpaired) electrons. The number of aromatic nitrogens is 2. The van der Waals surface area contributed by atoms with Gasteiger partial charge in [0.25, 0.3) is 0 Å². The maximum Gasteiger partial charge on any atom is 0.193 e. The lowest BCUT2D eigenvalue weighted by molar-refractivity contribution is 0.189. The Morgan fingerprint density at radius 2 is 2.33 bits per heavy atom. The van der Waals surface area contributed by atoms with Crippen LogP contribution in [0.1, 0.15) is 24.9 Å². The summed E-state index contributed by atoms with van der Waals surface area (Å²) in [5.41, 5.74) is 1.24. The molecule has 1 aromatic heterocycles. The first-order valence-electron chi connectivity index (χ1n) is 8.35. The van der Waals surface area contributed by atoms with Gasteiger partial charge in [0, 0.05) is 43.5 Å². The fourth-order valence-corrected chi connectivity index (χ4v) is 3.70. The van der Waals surface area contributed by atoms with Gasteiger partial charge in [0.1, 0.15) is 0 Å². The number of benzene rings is 1. The lowest BCUT2D eigenvalue weighted by Gasteiger charge is -2.39. The van der Waals surface area contributed by atoms with Crippen LogP contribution in [0.3, 0.4) is 0 Å². The van der Waals surface area contributed by atoms with E-state index in [0.717, 1.165) is 36.5 Å². The molecule has 1 fully saturated rings. The van der Waals surface area contributed by atoms with Gasteiger partial charge < -0.3 is 14.8 Å². The van der Waals surface area contributed by atoms with Crippen molar-refractivity contribution >= 4 is 21.9 Å². The van der Waals surface area contributed by atoms with Crippen molar-refractivity contribution in [3.8, 4) is 0 Å². The zero-order chi connectivity index (χ0) is 16.9. The van der Waals surface area contributed by atoms with E-state index in [2.05, 4.69) is 72.0 Å². The van der Waals surface area contributed by atoms with Crippen LogP contribution in [0.4, 0.5) is 0 Å². The van der Waals surface area contributed by atoms with Crippen molar-refractivity contribution in [3.63, 3.8) is 0 Å². The Hall–Kier alpha value is -1.82. The Kier molecular flexibility index (Phi) is 5.56. The van der Waals surface area contributed by atoms with E-state index in [9.17, 15) is 0 Å². The van der Waals surface area contributed by atoms with Crippen molar-refractivity contribution in [1.29, 1.82) is 0 Å². The molecule has 1 saturated heterocycles. The van der Waals surface area contributed by atoms with Crippen LogP contribution in [-0.2, 0) is 6.54 Å². The average molecular weight is 390 g/mol. The Morgan fingerprint density at radius 1 is 1.46 bits per heavy atom. The highest BCUT2D eigenvalue weighted by molar-refractivity contribution is 9.10. The molecule has 1 aliphatic rings. The topological polar surface area (TPSA) is 45.5 Å². The van der Waals surface area contributed by atoms with Gasteiger partial charge in [-0.1, -0.05) is 35.0 Å². The molecule has 6 heteroatoms. The molecule has 128 valence electrons. The summed E-state index contributed by atoms with van der Waals surface area (Å²) in [6.07, 6.45) is 6.98. The van der Waals surface area contributed by atoms with E-state index in [4.69, 9.17) is 0 Å². The van der Waals surface area contributed by atoms with Gasteiger partial charge in [-0.05, 0) is 30.0 Å². The molecular weight excluding hydrogens is 366 g/mol. The fourth-order valence-electron chi connectivity index (χ4n) is 3.26. The molecule has 2 unspecified atom stereocenters. The smallest absolute Gasteiger partial charge is 0.193 e. The molecule has 24 heavy (non-hydrogen) atoms. The van der Waals surface area contributed by atoms with Crippen LogP contribution in [0.2, 0.25) is 0 Å². The molecule has 2 heterocycles. The number of rotatable bonds is 3. The summed E-state index contributed by atoms with van der Waals surface area (Å²) in [6, 6.07) is 8.79. The van der Waals surface area contributed by atoms with E-state index >= 15 is 0 Å². The molecule has 1 aliphatic heterocycles. The average Bonchev–Trinajstić information content (AvgIpc) is 3.11. The predicted molar refractivity (Wildman–Crippen MR) is 101 cm³/mol. The molecule has 0 saturated carbocycles. The fraction of sp³-hybridized carbons (Fsp3) is 0.444. The number of hydrogen-bond acceptors (Lipinski definition) is 2.